The van der Waals surface area contributed by atoms with Crippen molar-refractivity contribution in [2.24, 2.45) is 0 Å². The van der Waals surface area contributed by atoms with Gasteiger partial charge in [0.2, 0.25) is 10.0 Å². The summed E-state index contributed by atoms with van der Waals surface area (Å²) in [6.07, 6.45) is 0. The number of carbonyl (C=O) groups excluding carboxylic acids is 1. The van der Waals surface area contributed by atoms with Crippen molar-refractivity contribution < 1.29 is 17.9 Å². The summed E-state index contributed by atoms with van der Waals surface area (Å²) in [4.78, 5) is 12.8. The van der Waals surface area contributed by atoms with Crippen LogP contribution in [-0.4, -0.2) is 44.4 Å². The number of nitrogens with zero attached hydrogens (tertiary/aromatic N) is 2. The van der Waals surface area contributed by atoms with Crippen LogP contribution in [0.5, 0.6) is 5.75 Å². The number of sulfonamides is 1. The van der Waals surface area contributed by atoms with Crippen LogP contribution in [0.15, 0.2) is 59.5 Å². The topological polar surface area (TPSA) is 80.6 Å². The minimum atomic E-state index is -3.64. The van der Waals surface area contributed by atoms with Crippen molar-refractivity contribution in [2.45, 2.75) is 18.7 Å². The van der Waals surface area contributed by atoms with E-state index in [1.165, 1.54) is 39.4 Å². The van der Waals surface area contributed by atoms with Crippen LogP contribution in [0.25, 0.3) is 5.69 Å². The van der Waals surface area contributed by atoms with Gasteiger partial charge in [-0.15, -0.1) is 0 Å². The van der Waals surface area contributed by atoms with Gasteiger partial charge in [0.05, 0.1) is 17.7 Å². The number of ether oxygens (including phenoxy) is 1. The lowest BCUT2D eigenvalue weighted by molar-refractivity contribution is 0.102. The molecule has 0 aliphatic carbocycles. The van der Waals surface area contributed by atoms with Crippen molar-refractivity contribution in [2.75, 3.05) is 26.5 Å². The molecule has 0 saturated heterocycles. The van der Waals surface area contributed by atoms with E-state index in [0.717, 1.165) is 21.4 Å². The third-order valence-electron chi connectivity index (χ3n) is 4.86. The van der Waals surface area contributed by atoms with Crippen LogP contribution in [0.3, 0.4) is 0 Å². The molecule has 0 fully saturated rings. The zero-order valence-electron chi connectivity index (χ0n) is 17.6. The molecule has 0 bridgehead atoms. The van der Waals surface area contributed by atoms with E-state index in [0.29, 0.717) is 11.3 Å². The molecular formula is C22H25N3O4S. The van der Waals surface area contributed by atoms with Crippen molar-refractivity contribution >= 4 is 21.6 Å². The molecule has 1 N–H and O–H groups in total. The van der Waals surface area contributed by atoms with Crippen molar-refractivity contribution in [3.8, 4) is 11.4 Å². The molecule has 3 aromatic rings. The Morgan fingerprint density at radius 1 is 0.967 bits per heavy atom. The molecule has 7 nitrogen and oxygen atoms in total. The van der Waals surface area contributed by atoms with Crippen LogP contribution in [0, 0.1) is 13.8 Å². The molecule has 0 radical (unpaired) electrons. The summed E-state index contributed by atoms with van der Waals surface area (Å²) in [5, 5.41) is 2.75. The van der Waals surface area contributed by atoms with Crippen LogP contribution in [0.1, 0.15) is 21.7 Å². The first-order valence-electron chi connectivity index (χ1n) is 9.32. The lowest BCUT2D eigenvalue weighted by Gasteiger charge is -2.15. The molecular weight excluding hydrogens is 402 g/mol. The van der Waals surface area contributed by atoms with E-state index in [1.54, 1.807) is 12.1 Å². The molecule has 8 heteroatoms. The summed E-state index contributed by atoms with van der Waals surface area (Å²) in [7, 11) is 0.724. The molecule has 1 aromatic heterocycles. The van der Waals surface area contributed by atoms with E-state index in [2.05, 4.69) is 9.88 Å². The fraction of sp³-hybridized carbons (Fsp3) is 0.227. The monoisotopic (exact) mass is 427 g/mol. The van der Waals surface area contributed by atoms with Gasteiger partial charge in [0, 0.05) is 36.7 Å². The average molecular weight is 428 g/mol. The minimum absolute atomic E-state index is 0.0671. The van der Waals surface area contributed by atoms with Crippen LogP contribution in [0.4, 0.5) is 5.69 Å². The number of hydrogen-bond acceptors (Lipinski definition) is 4. The van der Waals surface area contributed by atoms with Crippen molar-refractivity contribution in [3.05, 3.63) is 71.5 Å². The third-order valence-corrected chi connectivity index (χ3v) is 6.67. The Morgan fingerprint density at radius 2 is 1.57 bits per heavy atom. The smallest absolute Gasteiger partial charge is 0.255 e. The Balaban J connectivity index is 1.88. The van der Waals surface area contributed by atoms with Gasteiger partial charge in [0.15, 0.2) is 0 Å². The van der Waals surface area contributed by atoms with Crippen LogP contribution in [-0.2, 0) is 10.0 Å². The first kappa shape index (κ1) is 21.6. The van der Waals surface area contributed by atoms with E-state index >= 15 is 0 Å². The summed E-state index contributed by atoms with van der Waals surface area (Å²) in [5.74, 6) is 0.0106. The number of benzene rings is 2. The fourth-order valence-corrected chi connectivity index (χ4v) is 4.12. The Bertz CT molecular complexity index is 1160. The molecule has 0 atom stereocenters. The minimum Gasteiger partial charge on any atom is -0.495 e. The number of anilines is 1. The van der Waals surface area contributed by atoms with E-state index < -0.39 is 10.0 Å². The van der Waals surface area contributed by atoms with E-state index in [4.69, 9.17) is 4.74 Å². The van der Waals surface area contributed by atoms with Crippen LogP contribution in [0.2, 0.25) is 0 Å². The number of amides is 1. The van der Waals surface area contributed by atoms with E-state index in [-0.39, 0.29) is 16.5 Å². The molecule has 2 aromatic carbocycles. The molecule has 1 heterocycles. The zero-order valence-corrected chi connectivity index (χ0v) is 18.4. The number of aromatic nitrogens is 1. The number of nitrogens with one attached hydrogen (secondary N) is 1. The summed E-state index contributed by atoms with van der Waals surface area (Å²) in [6.45, 7) is 4.04. The largest absolute Gasteiger partial charge is 0.495 e. The van der Waals surface area contributed by atoms with Gasteiger partial charge in [0.25, 0.3) is 5.91 Å². The molecule has 0 unspecified atom stereocenters. The van der Waals surface area contributed by atoms with Gasteiger partial charge in [-0.3, -0.25) is 4.79 Å². The highest BCUT2D eigenvalue weighted by Gasteiger charge is 2.20. The predicted molar refractivity (Wildman–Crippen MR) is 117 cm³/mol. The lowest BCUT2D eigenvalue weighted by atomic mass is 10.1. The molecule has 0 aliphatic rings. The summed E-state index contributed by atoms with van der Waals surface area (Å²) >= 11 is 0. The standard InChI is InChI=1S/C22H25N3O4S/c1-15-6-7-16(2)25(15)18-10-8-17(9-11-18)22(26)23-20-14-19(12-13-21(20)29-5)30(27,28)24(3)4/h6-14H,1-5H3,(H,23,26). The number of rotatable bonds is 6. The quantitative estimate of drug-likeness (QED) is 0.652. The van der Waals surface area contributed by atoms with Gasteiger partial charge < -0.3 is 14.6 Å². The van der Waals surface area contributed by atoms with Gasteiger partial charge in [-0.1, -0.05) is 0 Å². The molecule has 0 saturated carbocycles. The molecule has 158 valence electrons. The van der Waals surface area contributed by atoms with Gasteiger partial charge in [-0.25, -0.2) is 12.7 Å². The van der Waals surface area contributed by atoms with Gasteiger partial charge in [0.1, 0.15) is 5.75 Å². The number of hydrogen-bond donors (Lipinski definition) is 1. The molecule has 0 spiro atoms. The lowest BCUT2D eigenvalue weighted by Crippen LogP contribution is -2.22. The molecule has 0 aliphatic heterocycles. The van der Waals surface area contributed by atoms with Gasteiger partial charge in [-0.05, 0) is 68.4 Å². The van der Waals surface area contributed by atoms with Gasteiger partial charge in [-0.2, -0.15) is 0 Å². The van der Waals surface area contributed by atoms with Crippen LogP contribution >= 0.6 is 0 Å². The Labute approximate surface area is 176 Å². The second-order valence-corrected chi connectivity index (χ2v) is 9.25. The predicted octanol–water partition coefficient (Wildman–Crippen LogP) is 3.61. The SMILES string of the molecule is COc1ccc(S(=O)(=O)N(C)C)cc1NC(=O)c1ccc(-n2c(C)ccc2C)cc1. The van der Waals surface area contributed by atoms with E-state index in [9.17, 15) is 13.2 Å². The molecule has 3 rings (SSSR count). The van der Waals surface area contributed by atoms with E-state index in [1.807, 2.05) is 38.1 Å². The number of carbonyl (C=O) groups is 1. The first-order valence-corrected chi connectivity index (χ1v) is 10.8. The Kier molecular flexibility index (Phi) is 6.00. The molecule has 30 heavy (non-hydrogen) atoms. The number of methoxy groups -OCH3 is 1. The molecule has 1 amide bonds. The highest BCUT2D eigenvalue weighted by molar-refractivity contribution is 7.89. The third kappa shape index (κ3) is 4.10. The Hall–Kier alpha value is -3.10. The maximum absolute atomic E-state index is 12.8. The summed E-state index contributed by atoms with van der Waals surface area (Å²) in [5.41, 5.74) is 3.90. The Morgan fingerprint density at radius 3 is 2.10 bits per heavy atom. The highest BCUT2D eigenvalue weighted by atomic mass is 32.2. The van der Waals surface area contributed by atoms with Crippen molar-refractivity contribution in [1.82, 2.24) is 8.87 Å². The maximum atomic E-state index is 12.8. The number of aryl methyl sites for hydroxylation is 2. The van der Waals surface area contributed by atoms with Crippen molar-refractivity contribution in [1.29, 1.82) is 0 Å². The fourth-order valence-electron chi connectivity index (χ4n) is 3.19. The maximum Gasteiger partial charge on any atom is 0.255 e. The summed E-state index contributed by atoms with van der Waals surface area (Å²) in [6, 6.07) is 15.7. The zero-order chi connectivity index (χ0) is 22.1. The first-order chi connectivity index (χ1) is 14.1. The summed E-state index contributed by atoms with van der Waals surface area (Å²) < 4.78 is 33.3. The second-order valence-electron chi connectivity index (χ2n) is 7.10. The highest BCUT2D eigenvalue weighted by Crippen LogP contribution is 2.29. The average Bonchev–Trinajstić information content (AvgIpc) is 3.06. The van der Waals surface area contributed by atoms with Crippen LogP contribution < -0.4 is 10.1 Å². The van der Waals surface area contributed by atoms with Gasteiger partial charge >= 0.3 is 0 Å². The van der Waals surface area contributed by atoms with Crippen molar-refractivity contribution in [3.63, 3.8) is 0 Å². The normalized spacial score (nSPS) is 11.5. The second kappa shape index (κ2) is 8.33.